The molecule has 0 saturated carbocycles. The fourth-order valence-electron chi connectivity index (χ4n) is 2.22. The summed E-state index contributed by atoms with van der Waals surface area (Å²) in [6, 6.07) is 12.5. The van der Waals surface area contributed by atoms with Crippen LogP contribution < -0.4 is 14.8 Å². The molecule has 2 aromatic carbocycles. The van der Waals surface area contributed by atoms with Crippen LogP contribution in [0.4, 0.5) is 5.69 Å². The first-order valence-electron chi connectivity index (χ1n) is 7.25. The maximum atomic E-state index is 5.54. The molecule has 0 aliphatic carbocycles. The van der Waals surface area contributed by atoms with Gasteiger partial charge >= 0.3 is 0 Å². The average Bonchev–Trinajstić information content (AvgIpc) is 2.49. The Hall–Kier alpha value is -2.16. The van der Waals surface area contributed by atoms with Crippen molar-refractivity contribution in [2.24, 2.45) is 0 Å². The summed E-state index contributed by atoms with van der Waals surface area (Å²) in [4.78, 5) is 0. The van der Waals surface area contributed by atoms with Gasteiger partial charge in [-0.2, -0.15) is 0 Å². The Labute approximate surface area is 126 Å². The Bertz CT molecular complexity index is 608. The van der Waals surface area contributed by atoms with E-state index >= 15 is 0 Å². The van der Waals surface area contributed by atoms with Crippen molar-refractivity contribution in [3.8, 4) is 11.5 Å². The third-order valence-corrected chi connectivity index (χ3v) is 3.40. The van der Waals surface area contributed by atoms with Crippen molar-refractivity contribution in [3.63, 3.8) is 0 Å². The Morgan fingerprint density at radius 1 is 1.00 bits per heavy atom. The molecule has 0 unspecified atom stereocenters. The molecule has 21 heavy (non-hydrogen) atoms. The molecule has 0 aliphatic rings. The molecule has 2 rings (SSSR count). The zero-order valence-corrected chi connectivity index (χ0v) is 13.2. The minimum atomic E-state index is 0.635. The molecule has 0 aliphatic heterocycles. The highest BCUT2D eigenvalue weighted by atomic mass is 16.5. The van der Waals surface area contributed by atoms with Gasteiger partial charge in [-0.25, -0.2) is 0 Å². The van der Waals surface area contributed by atoms with Crippen molar-refractivity contribution >= 4 is 5.69 Å². The van der Waals surface area contributed by atoms with Crippen molar-refractivity contribution < 1.29 is 9.47 Å². The first-order chi connectivity index (χ1) is 10.1. The Balaban J connectivity index is 2.11. The van der Waals surface area contributed by atoms with E-state index in [0.717, 1.165) is 23.6 Å². The summed E-state index contributed by atoms with van der Waals surface area (Å²) in [5.74, 6) is 1.56. The number of benzene rings is 2. The number of methoxy groups -OCH3 is 1. The number of aryl methyl sites for hydroxylation is 2. The molecule has 0 amide bonds. The fraction of sp³-hybridized carbons (Fsp3) is 0.333. The molecule has 3 heteroatoms. The predicted octanol–water partition coefficient (Wildman–Crippen LogP) is 4.32. The number of nitrogens with one attached hydrogen (secondary N) is 1. The minimum Gasteiger partial charge on any atom is -0.493 e. The van der Waals surface area contributed by atoms with Crippen LogP contribution in [0, 0.1) is 13.8 Å². The van der Waals surface area contributed by atoms with Gasteiger partial charge in [0.1, 0.15) is 0 Å². The molecule has 0 fully saturated rings. The SMILES string of the molecule is CCOc1ccc(CNc2cc(C)ccc2C)cc1OC. The van der Waals surface area contributed by atoms with Crippen LogP contribution in [-0.2, 0) is 6.54 Å². The van der Waals surface area contributed by atoms with Crippen molar-refractivity contribution in [1.82, 2.24) is 0 Å². The van der Waals surface area contributed by atoms with Crippen molar-refractivity contribution in [1.29, 1.82) is 0 Å². The number of hydrogen-bond acceptors (Lipinski definition) is 3. The molecule has 0 radical (unpaired) electrons. The molecular formula is C18H23NO2. The van der Waals surface area contributed by atoms with E-state index < -0.39 is 0 Å². The van der Waals surface area contributed by atoms with Crippen LogP contribution in [0.2, 0.25) is 0 Å². The van der Waals surface area contributed by atoms with Crippen LogP contribution in [0.5, 0.6) is 11.5 Å². The summed E-state index contributed by atoms with van der Waals surface area (Å²) in [6.45, 7) is 7.57. The zero-order chi connectivity index (χ0) is 15.2. The lowest BCUT2D eigenvalue weighted by Gasteiger charge is -2.13. The van der Waals surface area contributed by atoms with Gasteiger partial charge in [-0.3, -0.25) is 0 Å². The topological polar surface area (TPSA) is 30.5 Å². The third kappa shape index (κ3) is 3.91. The van der Waals surface area contributed by atoms with E-state index in [4.69, 9.17) is 9.47 Å². The van der Waals surface area contributed by atoms with Gasteiger partial charge in [-0.05, 0) is 55.7 Å². The molecule has 1 N–H and O–H groups in total. The summed E-state index contributed by atoms with van der Waals surface area (Å²) in [5.41, 5.74) is 4.84. The Morgan fingerprint density at radius 3 is 2.52 bits per heavy atom. The fourth-order valence-corrected chi connectivity index (χ4v) is 2.22. The second-order valence-corrected chi connectivity index (χ2v) is 5.09. The largest absolute Gasteiger partial charge is 0.493 e. The summed E-state index contributed by atoms with van der Waals surface area (Å²) < 4.78 is 10.9. The number of anilines is 1. The van der Waals surface area contributed by atoms with E-state index in [-0.39, 0.29) is 0 Å². The molecule has 3 nitrogen and oxygen atoms in total. The summed E-state index contributed by atoms with van der Waals surface area (Å²) >= 11 is 0. The molecule has 0 heterocycles. The van der Waals surface area contributed by atoms with E-state index in [9.17, 15) is 0 Å². The first-order valence-corrected chi connectivity index (χ1v) is 7.25. The summed E-state index contributed by atoms with van der Waals surface area (Å²) in [6.07, 6.45) is 0. The molecule has 112 valence electrons. The molecule has 0 atom stereocenters. The molecule has 0 spiro atoms. The van der Waals surface area contributed by atoms with Crippen LogP contribution in [0.1, 0.15) is 23.6 Å². The smallest absolute Gasteiger partial charge is 0.161 e. The van der Waals surface area contributed by atoms with E-state index in [2.05, 4.69) is 43.4 Å². The lowest BCUT2D eigenvalue weighted by atomic mass is 10.1. The van der Waals surface area contributed by atoms with Gasteiger partial charge in [-0.1, -0.05) is 18.2 Å². The minimum absolute atomic E-state index is 0.635. The zero-order valence-electron chi connectivity index (χ0n) is 13.2. The normalized spacial score (nSPS) is 10.3. The van der Waals surface area contributed by atoms with E-state index in [1.54, 1.807) is 7.11 Å². The van der Waals surface area contributed by atoms with Crippen LogP contribution in [-0.4, -0.2) is 13.7 Å². The van der Waals surface area contributed by atoms with Gasteiger partial charge in [0.25, 0.3) is 0 Å². The van der Waals surface area contributed by atoms with Crippen LogP contribution >= 0.6 is 0 Å². The number of ether oxygens (including phenoxy) is 2. The maximum Gasteiger partial charge on any atom is 0.161 e. The predicted molar refractivity (Wildman–Crippen MR) is 87.4 cm³/mol. The lowest BCUT2D eigenvalue weighted by Crippen LogP contribution is -2.02. The summed E-state index contributed by atoms with van der Waals surface area (Å²) in [7, 11) is 1.67. The monoisotopic (exact) mass is 285 g/mol. The molecule has 0 aromatic heterocycles. The molecule has 2 aromatic rings. The van der Waals surface area contributed by atoms with Gasteiger partial charge in [-0.15, -0.1) is 0 Å². The maximum absolute atomic E-state index is 5.54. The molecule has 0 saturated heterocycles. The Kier molecular flexibility index (Phi) is 5.09. The van der Waals surface area contributed by atoms with Gasteiger partial charge in [0.2, 0.25) is 0 Å². The van der Waals surface area contributed by atoms with Crippen LogP contribution in [0.3, 0.4) is 0 Å². The number of rotatable bonds is 6. The molecule has 0 bridgehead atoms. The highest BCUT2D eigenvalue weighted by molar-refractivity contribution is 5.53. The Morgan fingerprint density at radius 2 is 1.81 bits per heavy atom. The van der Waals surface area contributed by atoms with E-state index in [1.165, 1.54) is 16.8 Å². The van der Waals surface area contributed by atoms with Crippen LogP contribution in [0.15, 0.2) is 36.4 Å². The van der Waals surface area contributed by atoms with Gasteiger partial charge in [0, 0.05) is 12.2 Å². The lowest BCUT2D eigenvalue weighted by molar-refractivity contribution is 0.310. The third-order valence-electron chi connectivity index (χ3n) is 3.40. The number of hydrogen-bond donors (Lipinski definition) is 1. The summed E-state index contributed by atoms with van der Waals surface area (Å²) in [5, 5.41) is 3.48. The standard InChI is InChI=1S/C18H23NO2/c1-5-21-17-9-8-15(11-18(17)20-4)12-19-16-10-13(2)6-7-14(16)3/h6-11,19H,5,12H2,1-4H3. The first kappa shape index (κ1) is 15.2. The van der Waals surface area contributed by atoms with Gasteiger partial charge in [0.15, 0.2) is 11.5 Å². The van der Waals surface area contributed by atoms with Gasteiger partial charge < -0.3 is 14.8 Å². The van der Waals surface area contributed by atoms with Crippen molar-refractivity contribution in [2.75, 3.05) is 19.0 Å². The highest BCUT2D eigenvalue weighted by Crippen LogP contribution is 2.28. The van der Waals surface area contributed by atoms with Crippen molar-refractivity contribution in [3.05, 3.63) is 53.1 Å². The second-order valence-electron chi connectivity index (χ2n) is 5.09. The van der Waals surface area contributed by atoms with Gasteiger partial charge in [0.05, 0.1) is 13.7 Å². The van der Waals surface area contributed by atoms with Crippen LogP contribution in [0.25, 0.3) is 0 Å². The quantitative estimate of drug-likeness (QED) is 0.857. The highest BCUT2D eigenvalue weighted by Gasteiger charge is 2.06. The molecular weight excluding hydrogens is 262 g/mol. The second kappa shape index (κ2) is 7.02. The van der Waals surface area contributed by atoms with E-state index in [1.807, 2.05) is 19.1 Å². The average molecular weight is 285 g/mol. The van der Waals surface area contributed by atoms with E-state index in [0.29, 0.717) is 6.61 Å². The van der Waals surface area contributed by atoms with Crippen molar-refractivity contribution in [2.45, 2.75) is 27.3 Å².